The largest absolute Gasteiger partial charge is 0.368 e. The standard InChI is InChI=1S/C23H26N2O3/c1-23(17-10-4-2-5-11-17,18-12-6-3-7-13-18)22(28)25-20(21(24)27)16-9-8-14-19(26)15-16/h2-7,10-13,16,20H,8-9,14-15H2,1H3,(H2,24,27)(H,25,28)/t16-,20+/m1/s1. The fraction of sp³-hybridized carbons (Fsp3) is 0.348. The first-order valence-corrected chi connectivity index (χ1v) is 9.66. The lowest BCUT2D eigenvalue weighted by Crippen LogP contribution is -2.55. The Bertz CT molecular complexity index is 809. The molecule has 2 aromatic rings. The highest BCUT2D eigenvalue weighted by atomic mass is 16.2. The molecule has 146 valence electrons. The Labute approximate surface area is 165 Å². The van der Waals surface area contributed by atoms with Crippen LogP contribution in [0.15, 0.2) is 60.7 Å². The van der Waals surface area contributed by atoms with Crippen molar-refractivity contribution >= 4 is 17.6 Å². The van der Waals surface area contributed by atoms with Gasteiger partial charge < -0.3 is 11.1 Å². The highest BCUT2D eigenvalue weighted by Gasteiger charge is 2.40. The third-order valence-electron chi connectivity index (χ3n) is 5.74. The molecule has 0 heterocycles. The van der Waals surface area contributed by atoms with E-state index in [0.717, 1.165) is 17.5 Å². The molecule has 0 spiro atoms. The number of hydrogen-bond acceptors (Lipinski definition) is 3. The van der Waals surface area contributed by atoms with Gasteiger partial charge in [0.1, 0.15) is 11.8 Å². The molecule has 0 radical (unpaired) electrons. The maximum Gasteiger partial charge on any atom is 0.240 e. The highest BCUT2D eigenvalue weighted by molar-refractivity contribution is 5.95. The Kier molecular flexibility index (Phi) is 5.93. The Morgan fingerprint density at radius 1 is 1.04 bits per heavy atom. The van der Waals surface area contributed by atoms with Gasteiger partial charge >= 0.3 is 0 Å². The summed E-state index contributed by atoms with van der Waals surface area (Å²) in [4.78, 5) is 37.5. The van der Waals surface area contributed by atoms with Crippen molar-refractivity contribution in [3.05, 3.63) is 71.8 Å². The number of primary amides is 1. The molecule has 5 nitrogen and oxygen atoms in total. The third-order valence-corrected chi connectivity index (χ3v) is 5.74. The molecular formula is C23H26N2O3. The van der Waals surface area contributed by atoms with Gasteiger partial charge in [-0.25, -0.2) is 0 Å². The van der Waals surface area contributed by atoms with E-state index in [4.69, 9.17) is 5.73 Å². The lowest BCUT2D eigenvalue weighted by atomic mass is 9.74. The van der Waals surface area contributed by atoms with E-state index < -0.39 is 17.4 Å². The molecule has 3 N–H and O–H groups in total. The van der Waals surface area contributed by atoms with Gasteiger partial charge in [0.25, 0.3) is 0 Å². The number of nitrogens with two attached hydrogens (primary N) is 1. The normalized spacial score (nSPS) is 18.3. The minimum absolute atomic E-state index is 0.116. The lowest BCUT2D eigenvalue weighted by Gasteiger charge is -2.34. The average molecular weight is 378 g/mol. The molecule has 1 aliphatic rings. The Balaban J connectivity index is 1.95. The Morgan fingerprint density at radius 3 is 2.04 bits per heavy atom. The predicted octanol–water partition coefficient (Wildman–Crippen LogP) is 2.72. The fourth-order valence-electron chi connectivity index (χ4n) is 4.02. The van der Waals surface area contributed by atoms with Crippen LogP contribution in [0.25, 0.3) is 0 Å². The summed E-state index contributed by atoms with van der Waals surface area (Å²) in [5, 5.41) is 2.88. The summed E-state index contributed by atoms with van der Waals surface area (Å²) in [5.41, 5.74) is 6.27. The monoisotopic (exact) mass is 378 g/mol. The van der Waals surface area contributed by atoms with Crippen molar-refractivity contribution in [2.75, 3.05) is 0 Å². The van der Waals surface area contributed by atoms with Crippen LogP contribution in [-0.4, -0.2) is 23.6 Å². The summed E-state index contributed by atoms with van der Waals surface area (Å²) in [5.74, 6) is -1.03. The first-order valence-electron chi connectivity index (χ1n) is 9.66. The number of Topliss-reactive ketones (excluding diaryl/α,β-unsaturated/α-hetero) is 1. The number of ketones is 1. The lowest BCUT2D eigenvalue weighted by molar-refractivity contribution is -0.132. The zero-order valence-electron chi connectivity index (χ0n) is 16.1. The van der Waals surface area contributed by atoms with Crippen LogP contribution in [0.5, 0.6) is 0 Å². The van der Waals surface area contributed by atoms with E-state index in [1.807, 2.05) is 67.6 Å². The molecule has 0 aliphatic heterocycles. The molecule has 0 bridgehead atoms. The van der Waals surface area contributed by atoms with Crippen LogP contribution < -0.4 is 11.1 Å². The van der Waals surface area contributed by atoms with E-state index in [1.165, 1.54) is 0 Å². The quantitative estimate of drug-likeness (QED) is 0.810. The van der Waals surface area contributed by atoms with E-state index in [9.17, 15) is 14.4 Å². The van der Waals surface area contributed by atoms with Crippen molar-refractivity contribution in [1.82, 2.24) is 5.32 Å². The SMILES string of the molecule is CC(C(=O)N[C@H](C(N)=O)[C@@H]1CCCC(=O)C1)(c1ccccc1)c1ccccc1. The van der Waals surface area contributed by atoms with E-state index in [0.29, 0.717) is 12.8 Å². The van der Waals surface area contributed by atoms with E-state index in [-0.39, 0.29) is 24.0 Å². The first kappa shape index (κ1) is 19.8. The van der Waals surface area contributed by atoms with Crippen molar-refractivity contribution in [2.45, 2.75) is 44.1 Å². The minimum atomic E-state index is -0.991. The van der Waals surface area contributed by atoms with Crippen LogP contribution in [0.2, 0.25) is 0 Å². The number of nitrogens with one attached hydrogen (secondary N) is 1. The molecule has 0 aromatic heterocycles. The fourth-order valence-corrected chi connectivity index (χ4v) is 4.02. The third kappa shape index (κ3) is 3.98. The van der Waals surface area contributed by atoms with Crippen LogP contribution in [-0.2, 0) is 19.8 Å². The zero-order valence-corrected chi connectivity index (χ0v) is 16.1. The van der Waals surface area contributed by atoms with Gasteiger partial charge in [0.05, 0.1) is 5.41 Å². The molecule has 0 saturated heterocycles. The number of rotatable bonds is 6. The number of hydrogen-bond donors (Lipinski definition) is 2. The summed E-state index contributed by atoms with van der Waals surface area (Å²) >= 11 is 0. The van der Waals surface area contributed by atoms with Gasteiger partial charge in [-0.15, -0.1) is 0 Å². The van der Waals surface area contributed by atoms with Gasteiger partial charge in [0.2, 0.25) is 11.8 Å². The molecule has 0 unspecified atom stereocenters. The zero-order chi connectivity index (χ0) is 20.1. The van der Waals surface area contributed by atoms with Crippen LogP contribution in [0, 0.1) is 5.92 Å². The van der Waals surface area contributed by atoms with E-state index in [1.54, 1.807) is 0 Å². The molecule has 1 saturated carbocycles. The van der Waals surface area contributed by atoms with Crippen molar-refractivity contribution in [3.63, 3.8) is 0 Å². The van der Waals surface area contributed by atoms with Gasteiger partial charge in [-0.2, -0.15) is 0 Å². The molecule has 1 fully saturated rings. The number of benzene rings is 2. The molecular weight excluding hydrogens is 352 g/mol. The predicted molar refractivity (Wildman–Crippen MR) is 107 cm³/mol. The molecule has 5 heteroatoms. The molecule has 2 atom stereocenters. The summed E-state index contributed by atoms with van der Waals surface area (Å²) in [7, 11) is 0. The van der Waals surface area contributed by atoms with Crippen LogP contribution in [0.1, 0.15) is 43.7 Å². The number of amides is 2. The second-order valence-electron chi connectivity index (χ2n) is 7.61. The Hall–Kier alpha value is -2.95. The first-order chi connectivity index (χ1) is 13.4. The van der Waals surface area contributed by atoms with Crippen molar-refractivity contribution < 1.29 is 14.4 Å². The minimum Gasteiger partial charge on any atom is -0.368 e. The molecule has 28 heavy (non-hydrogen) atoms. The van der Waals surface area contributed by atoms with Gasteiger partial charge in [0, 0.05) is 12.8 Å². The maximum atomic E-state index is 13.5. The van der Waals surface area contributed by atoms with Gasteiger partial charge in [-0.1, -0.05) is 60.7 Å². The van der Waals surface area contributed by atoms with Crippen molar-refractivity contribution in [1.29, 1.82) is 0 Å². The second kappa shape index (κ2) is 8.38. The summed E-state index contributed by atoms with van der Waals surface area (Å²) < 4.78 is 0. The summed E-state index contributed by atoms with van der Waals surface area (Å²) in [6, 6.07) is 18.1. The molecule has 3 rings (SSSR count). The maximum absolute atomic E-state index is 13.5. The van der Waals surface area contributed by atoms with E-state index in [2.05, 4.69) is 5.32 Å². The highest BCUT2D eigenvalue weighted by Crippen LogP contribution is 2.33. The second-order valence-corrected chi connectivity index (χ2v) is 7.61. The van der Waals surface area contributed by atoms with Crippen molar-refractivity contribution in [3.8, 4) is 0 Å². The summed E-state index contributed by atoms with van der Waals surface area (Å²) in [6.07, 6.45) is 2.23. The Morgan fingerprint density at radius 2 is 1.57 bits per heavy atom. The van der Waals surface area contributed by atoms with Gasteiger partial charge in [0.15, 0.2) is 0 Å². The van der Waals surface area contributed by atoms with Crippen LogP contribution in [0.4, 0.5) is 0 Å². The van der Waals surface area contributed by atoms with Crippen LogP contribution >= 0.6 is 0 Å². The summed E-state index contributed by atoms with van der Waals surface area (Å²) in [6.45, 7) is 1.84. The van der Waals surface area contributed by atoms with Crippen molar-refractivity contribution in [2.24, 2.45) is 11.7 Å². The van der Waals surface area contributed by atoms with Crippen LogP contribution in [0.3, 0.4) is 0 Å². The number of carbonyl (C=O) groups excluding carboxylic acids is 3. The van der Waals surface area contributed by atoms with Gasteiger partial charge in [-0.3, -0.25) is 14.4 Å². The average Bonchev–Trinajstić information content (AvgIpc) is 2.72. The smallest absolute Gasteiger partial charge is 0.240 e. The molecule has 2 aromatic carbocycles. The topological polar surface area (TPSA) is 89.3 Å². The van der Waals surface area contributed by atoms with Gasteiger partial charge in [-0.05, 0) is 36.8 Å². The molecule has 1 aliphatic carbocycles. The number of carbonyl (C=O) groups is 3. The van der Waals surface area contributed by atoms with E-state index >= 15 is 0 Å². The molecule has 2 amide bonds.